The third-order valence-corrected chi connectivity index (χ3v) is 3.87. The number of hydrogen-bond acceptors (Lipinski definition) is 2. The summed E-state index contributed by atoms with van der Waals surface area (Å²) < 4.78 is 11.4. The van der Waals surface area contributed by atoms with Gasteiger partial charge in [0.05, 0.1) is 19.8 Å². The van der Waals surface area contributed by atoms with Crippen LogP contribution in [0.15, 0.2) is 60.7 Å². The molecule has 0 saturated heterocycles. The van der Waals surface area contributed by atoms with Crippen molar-refractivity contribution in [2.24, 2.45) is 0 Å². The molecule has 0 unspecified atom stereocenters. The Balaban J connectivity index is 2.34. The van der Waals surface area contributed by atoms with Crippen LogP contribution in [0.4, 0.5) is 0 Å². The normalized spacial score (nSPS) is 10.4. The summed E-state index contributed by atoms with van der Waals surface area (Å²) in [4.78, 5) is 0. The van der Waals surface area contributed by atoms with Crippen molar-refractivity contribution in [2.45, 2.75) is 6.92 Å². The van der Waals surface area contributed by atoms with E-state index in [9.17, 15) is 0 Å². The Hall–Kier alpha value is -2.74. The number of rotatable bonds is 4. The molecule has 2 nitrogen and oxygen atoms in total. The fourth-order valence-electron chi connectivity index (χ4n) is 2.85. The van der Waals surface area contributed by atoms with Gasteiger partial charge in [0, 0.05) is 17.2 Å². The average Bonchev–Trinajstić information content (AvgIpc) is 2.62. The summed E-state index contributed by atoms with van der Waals surface area (Å²) >= 11 is 0. The van der Waals surface area contributed by atoms with Gasteiger partial charge in [0.25, 0.3) is 0 Å². The zero-order valence-corrected chi connectivity index (χ0v) is 13.6. The highest BCUT2D eigenvalue weighted by Gasteiger charge is 2.20. The molecule has 0 aliphatic rings. The second-order valence-corrected chi connectivity index (χ2v) is 5.30. The molecule has 0 bridgehead atoms. The second-order valence-electron chi connectivity index (χ2n) is 5.30. The first-order valence-electron chi connectivity index (χ1n) is 7.55. The van der Waals surface area contributed by atoms with Gasteiger partial charge in [-0.1, -0.05) is 60.7 Å². The maximum atomic E-state index is 5.77. The molecular weight excluding hydrogens is 284 g/mol. The van der Waals surface area contributed by atoms with Crippen molar-refractivity contribution in [3.05, 3.63) is 72.3 Å². The molecule has 3 aromatic carbocycles. The molecule has 2 heteroatoms. The largest absolute Gasteiger partial charge is 0.496 e. The van der Waals surface area contributed by atoms with Crippen LogP contribution in [0.3, 0.4) is 0 Å². The molecule has 0 amide bonds. The summed E-state index contributed by atoms with van der Waals surface area (Å²) in [5.41, 5.74) is 5.02. The van der Waals surface area contributed by atoms with Crippen LogP contribution >= 0.6 is 0 Å². The standard InChI is InChI=1S/C21H19O2/c1-15-14-18(16-10-6-4-7-11-16)21(23-3)19(20(15)22-2)17-12-8-5-9-13-17/h4-13H,1-3H3. The van der Waals surface area contributed by atoms with Gasteiger partial charge in [-0.25, -0.2) is 0 Å². The summed E-state index contributed by atoms with van der Waals surface area (Å²) in [6.45, 7) is 2.01. The van der Waals surface area contributed by atoms with Gasteiger partial charge in [-0.05, 0) is 18.1 Å². The SMILES string of the molecule is COc1c(C)[c]c(-c2ccccc2)c(OC)c1-c1ccccc1. The molecule has 0 N–H and O–H groups in total. The van der Waals surface area contributed by atoms with E-state index in [1.54, 1.807) is 14.2 Å². The Kier molecular flexibility index (Phi) is 4.33. The average molecular weight is 303 g/mol. The highest BCUT2D eigenvalue weighted by Crippen LogP contribution is 2.46. The molecule has 0 atom stereocenters. The maximum Gasteiger partial charge on any atom is 0.138 e. The van der Waals surface area contributed by atoms with Gasteiger partial charge in [-0.3, -0.25) is 0 Å². The van der Waals surface area contributed by atoms with Crippen LogP contribution in [0, 0.1) is 13.0 Å². The van der Waals surface area contributed by atoms with Gasteiger partial charge in [0.1, 0.15) is 11.5 Å². The lowest BCUT2D eigenvalue weighted by atomic mass is 9.93. The number of ether oxygens (including phenoxy) is 2. The Morgan fingerprint density at radius 3 is 1.74 bits per heavy atom. The predicted octanol–water partition coefficient (Wildman–Crippen LogP) is 5.15. The predicted molar refractivity (Wildman–Crippen MR) is 94.0 cm³/mol. The molecule has 1 radical (unpaired) electrons. The first-order valence-corrected chi connectivity index (χ1v) is 7.55. The lowest BCUT2D eigenvalue weighted by molar-refractivity contribution is 0.396. The van der Waals surface area contributed by atoms with E-state index in [0.29, 0.717) is 0 Å². The van der Waals surface area contributed by atoms with Crippen molar-refractivity contribution in [1.29, 1.82) is 0 Å². The summed E-state index contributed by atoms with van der Waals surface area (Å²) in [6, 6.07) is 23.8. The van der Waals surface area contributed by atoms with Gasteiger partial charge >= 0.3 is 0 Å². The van der Waals surface area contributed by atoms with Crippen LogP contribution < -0.4 is 9.47 Å². The zero-order valence-electron chi connectivity index (χ0n) is 13.6. The van der Waals surface area contributed by atoms with Crippen molar-refractivity contribution in [2.75, 3.05) is 14.2 Å². The lowest BCUT2D eigenvalue weighted by Crippen LogP contribution is -1.98. The molecule has 0 aromatic heterocycles. The van der Waals surface area contributed by atoms with Crippen LogP contribution in [0.1, 0.15) is 5.56 Å². The summed E-state index contributed by atoms with van der Waals surface area (Å²) in [5.74, 6) is 1.58. The van der Waals surface area contributed by atoms with Crippen LogP contribution in [-0.2, 0) is 0 Å². The first-order chi connectivity index (χ1) is 11.3. The Labute approximate surface area is 137 Å². The highest BCUT2D eigenvalue weighted by molar-refractivity contribution is 5.87. The summed E-state index contributed by atoms with van der Waals surface area (Å²) in [7, 11) is 3.38. The molecule has 0 fully saturated rings. The first kappa shape index (κ1) is 15.2. The zero-order chi connectivity index (χ0) is 16.2. The fraction of sp³-hybridized carbons (Fsp3) is 0.143. The van der Waals surface area contributed by atoms with Gasteiger partial charge in [0.2, 0.25) is 0 Å². The minimum atomic E-state index is 0.782. The molecule has 0 aliphatic heterocycles. The molecule has 0 aliphatic carbocycles. The van der Waals surface area contributed by atoms with Crippen molar-refractivity contribution in [1.82, 2.24) is 0 Å². The quantitative estimate of drug-likeness (QED) is 0.664. The third-order valence-electron chi connectivity index (χ3n) is 3.87. The second kappa shape index (κ2) is 6.57. The highest BCUT2D eigenvalue weighted by atomic mass is 16.5. The molecule has 0 heterocycles. The number of benzene rings is 3. The van der Waals surface area contributed by atoms with Crippen LogP contribution in [-0.4, -0.2) is 14.2 Å². The van der Waals surface area contributed by atoms with Crippen LogP contribution in [0.5, 0.6) is 11.5 Å². The van der Waals surface area contributed by atoms with E-state index in [2.05, 4.69) is 30.3 Å². The molecule has 3 aromatic rings. The van der Waals surface area contributed by atoms with Crippen molar-refractivity contribution in [3.8, 4) is 33.8 Å². The van der Waals surface area contributed by atoms with Crippen LogP contribution in [0.2, 0.25) is 0 Å². The van der Waals surface area contributed by atoms with Crippen molar-refractivity contribution in [3.63, 3.8) is 0 Å². The van der Waals surface area contributed by atoms with Crippen LogP contribution in [0.25, 0.3) is 22.3 Å². The van der Waals surface area contributed by atoms with E-state index < -0.39 is 0 Å². The summed E-state index contributed by atoms with van der Waals surface area (Å²) in [5, 5.41) is 0. The minimum absolute atomic E-state index is 0.782. The van der Waals surface area contributed by atoms with Gasteiger partial charge in [-0.2, -0.15) is 0 Å². The van der Waals surface area contributed by atoms with E-state index in [1.807, 2.05) is 43.3 Å². The Morgan fingerprint density at radius 1 is 0.696 bits per heavy atom. The molecular formula is C21H19O2. The molecule has 23 heavy (non-hydrogen) atoms. The van der Waals surface area contributed by atoms with Gasteiger partial charge < -0.3 is 9.47 Å². The van der Waals surface area contributed by atoms with Crippen molar-refractivity contribution < 1.29 is 9.47 Å². The summed E-state index contributed by atoms with van der Waals surface area (Å²) in [6.07, 6.45) is 0. The van der Waals surface area contributed by atoms with E-state index in [0.717, 1.165) is 39.3 Å². The van der Waals surface area contributed by atoms with Gasteiger partial charge in [0.15, 0.2) is 0 Å². The molecule has 3 rings (SSSR count). The minimum Gasteiger partial charge on any atom is -0.496 e. The Bertz CT molecular complexity index is 793. The maximum absolute atomic E-state index is 5.77. The molecule has 0 spiro atoms. The lowest BCUT2D eigenvalue weighted by Gasteiger charge is -2.19. The molecule has 115 valence electrons. The van der Waals surface area contributed by atoms with E-state index in [-0.39, 0.29) is 0 Å². The molecule has 0 saturated carbocycles. The smallest absolute Gasteiger partial charge is 0.138 e. The Morgan fingerprint density at radius 2 is 1.22 bits per heavy atom. The van der Waals surface area contributed by atoms with Crippen molar-refractivity contribution >= 4 is 0 Å². The number of hydrogen-bond donors (Lipinski definition) is 0. The van der Waals surface area contributed by atoms with E-state index >= 15 is 0 Å². The van der Waals surface area contributed by atoms with E-state index in [1.165, 1.54) is 0 Å². The van der Waals surface area contributed by atoms with E-state index in [4.69, 9.17) is 9.47 Å². The topological polar surface area (TPSA) is 18.5 Å². The monoisotopic (exact) mass is 303 g/mol. The third kappa shape index (κ3) is 2.80. The fourth-order valence-corrected chi connectivity index (χ4v) is 2.85. The number of aryl methyl sites for hydroxylation is 1. The van der Waals surface area contributed by atoms with Gasteiger partial charge in [-0.15, -0.1) is 0 Å². The number of methoxy groups -OCH3 is 2.